The van der Waals surface area contributed by atoms with Crippen LogP contribution in [0.4, 0.5) is 14.5 Å². The van der Waals surface area contributed by atoms with Gasteiger partial charge in [0, 0.05) is 43.9 Å². The molecule has 1 N–H and O–H groups in total. The Morgan fingerprint density at radius 2 is 1.96 bits per heavy atom. The molecule has 1 saturated heterocycles. The molecule has 134 valence electrons. The fourth-order valence-electron chi connectivity index (χ4n) is 3.76. The van der Waals surface area contributed by atoms with Gasteiger partial charge in [-0.3, -0.25) is 4.79 Å². The molecule has 0 spiro atoms. The molecule has 25 heavy (non-hydrogen) atoms. The monoisotopic (exact) mass is 348 g/mol. The molecule has 0 aromatic carbocycles. The van der Waals surface area contributed by atoms with Crippen molar-refractivity contribution in [1.82, 2.24) is 14.9 Å². The first-order valence-electron chi connectivity index (χ1n) is 8.93. The summed E-state index contributed by atoms with van der Waals surface area (Å²) in [5.41, 5.74) is 2.35. The van der Waals surface area contributed by atoms with Crippen molar-refractivity contribution in [3.05, 3.63) is 30.1 Å². The van der Waals surface area contributed by atoms with Crippen molar-refractivity contribution in [2.24, 2.45) is 0 Å². The Hall–Kier alpha value is -2.18. The SMILES string of the molecule is O=C(NC1CCC(F)(F)CC1)c1cnn2ccc(N3CCCC3)cc12. The summed E-state index contributed by atoms with van der Waals surface area (Å²) in [6.07, 6.45) is 6.09. The quantitative estimate of drug-likeness (QED) is 0.926. The van der Waals surface area contributed by atoms with Gasteiger partial charge in [-0.25, -0.2) is 13.3 Å². The van der Waals surface area contributed by atoms with Crippen LogP contribution in [0, 0.1) is 0 Å². The third kappa shape index (κ3) is 3.32. The largest absolute Gasteiger partial charge is 0.371 e. The fraction of sp³-hybridized carbons (Fsp3) is 0.556. The lowest BCUT2D eigenvalue weighted by molar-refractivity contribution is -0.0399. The summed E-state index contributed by atoms with van der Waals surface area (Å²) < 4.78 is 28.2. The summed E-state index contributed by atoms with van der Waals surface area (Å²) in [6.45, 7) is 2.06. The van der Waals surface area contributed by atoms with Crippen LogP contribution >= 0.6 is 0 Å². The fourth-order valence-corrected chi connectivity index (χ4v) is 3.76. The molecule has 0 radical (unpaired) electrons. The highest BCUT2D eigenvalue weighted by molar-refractivity contribution is 6.01. The van der Waals surface area contributed by atoms with Crippen LogP contribution < -0.4 is 10.2 Å². The molecule has 5 nitrogen and oxygen atoms in total. The van der Waals surface area contributed by atoms with Crippen molar-refractivity contribution >= 4 is 17.1 Å². The number of hydrogen-bond acceptors (Lipinski definition) is 3. The maximum atomic E-state index is 13.3. The van der Waals surface area contributed by atoms with Gasteiger partial charge in [-0.15, -0.1) is 0 Å². The maximum absolute atomic E-state index is 13.3. The molecule has 0 unspecified atom stereocenters. The number of amides is 1. The lowest BCUT2D eigenvalue weighted by Gasteiger charge is -2.28. The van der Waals surface area contributed by atoms with Crippen molar-refractivity contribution in [2.75, 3.05) is 18.0 Å². The van der Waals surface area contributed by atoms with Gasteiger partial charge in [0.05, 0.1) is 17.3 Å². The molecule has 0 atom stereocenters. The van der Waals surface area contributed by atoms with Crippen molar-refractivity contribution in [2.45, 2.75) is 50.5 Å². The molecule has 2 aromatic rings. The molecule has 1 amide bonds. The van der Waals surface area contributed by atoms with Gasteiger partial charge in [0.15, 0.2) is 0 Å². The van der Waals surface area contributed by atoms with E-state index in [0.29, 0.717) is 18.4 Å². The second-order valence-corrected chi connectivity index (χ2v) is 7.07. The molecule has 1 aliphatic heterocycles. The van der Waals surface area contributed by atoms with Crippen LogP contribution in [0.2, 0.25) is 0 Å². The van der Waals surface area contributed by atoms with Crippen LogP contribution in [0.3, 0.4) is 0 Å². The normalized spacial score (nSPS) is 21.0. The molecule has 1 aliphatic carbocycles. The Morgan fingerprint density at radius 3 is 2.68 bits per heavy atom. The number of alkyl halides is 2. The summed E-state index contributed by atoms with van der Waals surface area (Å²) in [6, 6.07) is 3.81. The van der Waals surface area contributed by atoms with Gasteiger partial charge < -0.3 is 10.2 Å². The standard InChI is InChI=1S/C18H22F2N4O/c19-18(20)6-3-13(4-7-18)22-17(25)15-12-21-24-10-5-14(11-16(15)24)23-8-1-2-9-23/h5,10-13H,1-4,6-9H2,(H,22,25). The minimum Gasteiger partial charge on any atom is -0.371 e. The number of aromatic nitrogens is 2. The van der Waals surface area contributed by atoms with E-state index in [0.717, 1.165) is 24.3 Å². The molecule has 3 heterocycles. The first-order chi connectivity index (χ1) is 12.0. The van der Waals surface area contributed by atoms with Crippen LogP contribution in [-0.4, -0.2) is 40.6 Å². The average Bonchev–Trinajstić information content (AvgIpc) is 3.25. The van der Waals surface area contributed by atoms with E-state index >= 15 is 0 Å². The molecule has 7 heteroatoms. The van der Waals surface area contributed by atoms with Gasteiger partial charge in [0.1, 0.15) is 0 Å². The predicted molar refractivity (Wildman–Crippen MR) is 91.3 cm³/mol. The zero-order valence-corrected chi connectivity index (χ0v) is 14.0. The van der Waals surface area contributed by atoms with Gasteiger partial charge in [0.2, 0.25) is 5.92 Å². The second kappa shape index (κ2) is 6.28. The molecule has 2 aromatic heterocycles. The van der Waals surface area contributed by atoms with Gasteiger partial charge in [-0.2, -0.15) is 5.10 Å². The molecule has 1 saturated carbocycles. The first-order valence-corrected chi connectivity index (χ1v) is 8.93. The first kappa shape index (κ1) is 16.3. The summed E-state index contributed by atoms with van der Waals surface area (Å²) in [4.78, 5) is 14.9. The zero-order valence-electron chi connectivity index (χ0n) is 14.0. The Kier molecular flexibility index (Phi) is 4.09. The van der Waals surface area contributed by atoms with Crippen LogP contribution in [-0.2, 0) is 0 Å². The molecular formula is C18H22F2N4O. The van der Waals surface area contributed by atoms with Crippen LogP contribution in [0.1, 0.15) is 48.9 Å². The third-order valence-corrected chi connectivity index (χ3v) is 5.27. The van der Waals surface area contributed by atoms with Crippen LogP contribution in [0.25, 0.3) is 5.52 Å². The van der Waals surface area contributed by atoms with Gasteiger partial charge in [0.25, 0.3) is 5.91 Å². The lowest BCUT2D eigenvalue weighted by atomic mass is 9.92. The number of carbonyl (C=O) groups excluding carboxylic acids is 1. The number of nitrogens with zero attached hydrogens (tertiary/aromatic N) is 3. The minimum absolute atomic E-state index is 0.161. The summed E-state index contributed by atoms with van der Waals surface area (Å²) >= 11 is 0. The summed E-state index contributed by atoms with van der Waals surface area (Å²) in [7, 11) is 0. The van der Waals surface area contributed by atoms with E-state index in [4.69, 9.17) is 0 Å². The van der Waals surface area contributed by atoms with Crippen molar-refractivity contribution in [1.29, 1.82) is 0 Å². The topological polar surface area (TPSA) is 49.6 Å². The highest BCUT2D eigenvalue weighted by Gasteiger charge is 2.35. The highest BCUT2D eigenvalue weighted by atomic mass is 19.3. The molecule has 2 fully saturated rings. The smallest absolute Gasteiger partial charge is 0.255 e. The zero-order chi connectivity index (χ0) is 17.4. The molecule has 0 bridgehead atoms. The van der Waals surface area contributed by atoms with E-state index in [1.807, 2.05) is 18.3 Å². The number of rotatable bonds is 3. The van der Waals surface area contributed by atoms with Crippen LogP contribution in [0.5, 0.6) is 0 Å². The average molecular weight is 348 g/mol. The van der Waals surface area contributed by atoms with E-state index in [2.05, 4.69) is 15.3 Å². The number of carbonyl (C=O) groups is 1. The van der Waals surface area contributed by atoms with Crippen LogP contribution in [0.15, 0.2) is 24.5 Å². The maximum Gasteiger partial charge on any atom is 0.255 e. The second-order valence-electron chi connectivity index (χ2n) is 7.07. The third-order valence-electron chi connectivity index (χ3n) is 5.27. The van der Waals surface area contributed by atoms with Crippen molar-refractivity contribution < 1.29 is 13.6 Å². The number of hydrogen-bond donors (Lipinski definition) is 1. The van der Waals surface area contributed by atoms with E-state index in [1.54, 1.807) is 10.7 Å². The van der Waals surface area contributed by atoms with E-state index in [-0.39, 0.29) is 24.8 Å². The predicted octanol–water partition coefficient (Wildman–Crippen LogP) is 3.24. The van der Waals surface area contributed by atoms with Crippen molar-refractivity contribution in [3.63, 3.8) is 0 Å². The van der Waals surface area contributed by atoms with Crippen molar-refractivity contribution in [3.8, 4) is 0 Å². The minimum atomic E-state index is -2.59. The summed E-state index contributed by atoms with van der Waals surface area (Å²) in [5.74, 6) is -2.82. The lowest BCUT2D eigenvalue weighted by Crippen LogP contribution is -2.40. The number of nitrogens with one attached hydrogen (secondary N) is 1. The molecular weight excluding hydrogens is 326 g/mol. The van der Waals surface area contributed by atoms with Gasteiger partial charge >= 0.3 is 0 Å². The Morgan fingerprint density at radius 1 is 1.24 bits per heavy atom. The Balaban J connectivity index is 1.52. The van der Waals surface area contributed by atoms with E-state index < -0.39 is 5.92 Å². The molecule has 4 rings (SSSR count). The number of anilines is 1. The number of fused-ring (bicyclic) bond motifs is 1. The highest BCUT2D eigenvalue weighted by Crippen LogP contribution is 2.33. The number of pyridine rings is 1. The van der Waals surface area contributed by atoms with Gasteiger partial charge in [-0.1, -0.05) is 0 Å². The number of halogens is 2. The Bertz CT molecular complexity index is 772. The van der Waals surface area contributed by atoms with E-state index in [9.17, 15) is 13.6 Å². The summed E-state index contributed by atoms with van der Waals surface area (Å²) in [5, 5.41) is 7.14. The van der Waals surface area contributed by atoms with Gasteiger partial charge in [-0.05, 0) is 37.8 Å². The molecule has 2 aliphatic rings. The Labute approximate surface area is 145 Å². The van der Waals surface area contributed by atoms with E-state index in [1.165, 1.54) is 12.8 Å².